The molecule has 4 aromatic rings. The van der Waals surface area contributed by atoms with Gasteiger partial charge in [-0.1, -0.05) is 97.6 Å². The molecule has 0 bridgehead atoms. The number of nitrogens with one attached hydrogen (secondary N) is 2. The number of rotatable bonds is 10. The summed E-state index contributed by atoms with van der Waals surface area (Å²) in [5, 5.41) is 6.49. The van der Waals surface area contributed by atoms with Gasteiger partial charge in [-0.05, 0) is 41.0 Å². The first-order chi connectivity index (χ1) is 19.6. The molecule has 5 nitrogen and oxygen atoms in total. The molecule has 1 aliphatic rings. The Hall–Kier alpha value is -4.61. The number of piperazine rings is 1. The van der Waals surface area contributed by atoms with E-state index in [4.69, 9.17) is 0 Å². The Morgan fingerprint density at radius 2 is 1.43 bits per heavy atom. The lowest BCUT2D eigenvalue weighted by atomic mass is 9.98. The lowest BCUT2D eigenvalue weighted by Gasteiger charge is -2.39. The van der Waals surface area contributed by atoms with Crippen LogP contribution in [0.5, 0.6) is 0 Å². The van der Waals surface area contributed by atoms with Crippen molar-refractivity contribution in [2.24, 2.45) is 0 Å². The standard InChI is InChI=1S/C35H36N4O/c1-3-22-36-35(40)34(29-14-8-5-9-15-29)39-25-23-38(24-26-39)31-20-18-30(19-21-31)37-27(2)32-16-10-11-17-33(32)28-12-6-4-7-13-28/h3-21,34,37H,1-2,22-26H2,(H,36,40). The molecule has 1 fully saturated rings. The van der Waals surface area contributed by atoms with Crippen molar-refractivity contribution in [3.05, 3.63) is 140 Å². The third kappa shape index (κ3) is 6.33. The van der Waals surface area contributed by atoms with Gasteiger partial charge in [-0.25, -0.2) is 0 Å². The molecule has 2 N–H and O–H groups in total. The zero-order valence-electron chi connectivity index (χ0n) is 22.8. The third-order valence-corrected chi connectivity index (χ3v) is 7.33. The van der Waals surface area contributed by atoms with Gasteiger partial charge in [0.15, 0.2) is 0 Å². The van der Waals surface area contributed by atoms with Gasteiger partial charge in [0.1, 0.15) is 6.04 Å². The summed E-state index contributed by atoms with van der Waals surface area (Å²) in [6, 6.07) is 37.0. The predicted molar refractivity (Wildman–Crippen MR) is 167 cm³/mol. The van der Waals surface area contributed by atoms with Crippen molar-refractivity contribution in [1.29, 1.82) is 0 Å². The molecule has 1 atom stereocenters. The van der Waals surface area contributed by atoms with Gasteiger partial charge >= 0.3 is 0 Å². The van der Waals surface area contributed by atoms with E-state index in [1.807, 2.05) is 42.5 Å². The minimum atomic E-state index is -0.306. The van der Waals surface area contributed by atoms with Crippen LogP contribution in [0.3, 0.4) is 0 Å². The summed E-state index contributed by atoms with van der Waals surface area (Å²) < 4.78 is 0. The maximum atomic E-state index is 13.1. The first kappa shape index (κ1) is 27.0. The first-order valence-corrected chi connectivity index (χ1v) is 13.8. The van der Waals surface area contributed by atoms with Crippen molar-refractivity contribution in [3.8, 4) is 11.1 Å². The molecule has 5 heteroatoms. The molecule has 0 spiro atoms. The summed E-state index contributed by atoms with van der Waals surface area (Å²) in [7, 11) is 0. The second-order valence-electron chi connectivity index (χ2n) is 9.93. The van der Waals surface area contributed by atoms with Gasteiger partial charge in [0.25, 0.3) is 0 Å². The molecule has 1 saturated heterocycles. The monoisotopic (exact) mass is 528 g/mol. The topological polar surface area (TPSA) is 47.6 Å². The molecule has 5 rings (SSSR count). The molecule has 1 amide bonds. The largest absolute Gasteiger partial charge is 0.369 e. The minimum Gasteiger partial charge on any atom is -0.369 e. The summed E-state index contributed by atoms with van der Waals surface area (Å²) in [6.07, 6.45) is 1.72. The second-order valence-corrected chi connectivity index (χ2v) is 9.93. The number of anilines is 2. The Morgan fingerprint density at radius 3 is 2.10 bits per heavy atom. The van der Waals surface area contributed by atoms with Gasteiger partial charge in [0, 0.05) is 55.4 Å². The highest BCUT2D eigenvalue weighted by molar-refractivity contribution is 5.85. The van der Waals surface area contributed by atoms with Crippen LogP contribution in [0, 0.1) is 0 Å². The Labute approximate surface area is 237 Å². The number of carbonyl (C=O) groups is 1. The molecule has 40 heavy (non-hydrogen) atoms. The summed E-state index contributed by atoms with van der Waals surface area (Å²) in [5.74, 6) is 0.0176. The highest BCUT2D eigenvalue weighted by Crippen LogP contribution is 2.30. The maximum absolute atomic E-state index is 13.1. The average Bonchev–Trinajstić information content (AvgIpc) is 3.02. The number of amides is 1. The quantitative estimate of drug-likeness (QED) is 0.228. The number of benzene rings is 4. The van der Waals surface area contributed by atoms with Crippen LogP contribution in [0.2, 0.25) is 0 Å². The smallest absolute Gasteiger partial charge is 0.242 e. The van der Waals surface area contributed by atoms with Crippen LogP contribution in [0.25, 0.3) is 16.8 Å². The molecule has 0 saturated carbocycles. The molecular weight excluding hydrogens is 492 g/mol. The predicted octanol–water partition coefficient (Wildman–Crippen LogP) is 6.60. The molecule has 202 valence electrons. The fourth-order valence-electron chi connectivity index (χ4n) is 5.28. The summed E-state index contributed by atoms with van der Waals surface area (Å²) in [6.45, 7) is 11.8. The van der Waals surface area contributed by atoms with Crippen LogP contribution in [0.1, 0.15) is 17.2 Å². The maximum Gasteiger partial charge on any atom is 0.242 e. The van der Waals surface area contributed by atoms with Gasteiger partial charge in [-0.15, -0.1) is 6.58 Å². The van der Waals surface area contributed by atoms with Crippen molar-refractivity contribution in [3.63, 3.8) is 0 Å². The highest BCUT2D eigenvalue weighted by atomic mass is 16.2. The Bertz CT molecular complexity index is 1430. The summed E-state index contributed by atoms with van der Waals surface area (Å²) in [4.78, 5) is 17.7. The fourth-order valence-corrected chi connectivity index (χ4v) is 5.28. The van der Waals surface area contributed by atoms with E-state index in [1.165, 1.54) is 11.3 Å². The van der Waals surface area contributed by atoms with Gasteiger partial charge in [-0.2, -0.15) is 0 Å². The zero-order chi connectivity index (χ0) is 27.7. The number of hydrogen-bond acceptors (Lipinski definition) is 4. The second kappa shape index (κ2) is 13.0. The van der Waals surface area contributed by atoms with Crippen molar-refractivity contribution in [2.75, 3.05) is 42.9 Å². The Kier molecular flexibility index (Phi) is 8.74. The van der Waals surface area contributed by atoms with Gasteiger partial charge in [-0.3, -0.25) is 9.69 Å². The van der Waals surface area contributed by atoms with Gasteiger partial charge in [0.05, 0.1) is 0 Å². The molecule has 1 unspecified atom stereocenters. The number of hydrogen-bond donors (Lipinski definition) is 2. The molecule has 1 heterocycles. The van der Waals surface area contributed by atoms with E-state index >= 15 is 0 Å². The molecule has 4 aromatic carbocycles. The van der Waals surface area contributed by atoms with E-state index in [-0.39, 0.29) is 11.9 Å². The lowest BCUT2D eigenvalue weighted by molar-refractivity contribution is -0.126. The van der Waals surface area contributed by atoms with E-state index in [2.05, 4.69) is 100 Å². The van der Waals surface area contributed by atoms with Crippen LogP contribution < -0.4 is 15.5 Å². The zero-order valence-corrected chi connectivity index (χ0v) is 22.8. The van der Waals surface area contributed by atoms with E-state index in [0.717, 1.165) is 54.3 Å². The van der Waals surface area contributed by atoms with Gasteiger partial charge in [0.2, 0.25) is 5.91 Å². The SMILES string of the molecule is C=CCNC(=O)C(c1ccccc1)N1CCN(c2ccc(NC(=C)c3ccccc3-c3ccccc3)cc2)CC1. The average molecular weight is 529 g/mol. The Balaban J connectivity index is 1.22. The highest BCUT2D eigenvalue weighted by Gasteiger charge is 2.30. The van der Waals surface area contributed by atoms with Crippen molar-refractivity contribution in [1.82, 2.24) is 10.2 Å². The van der Waals surface area contributed by atoms with Crippen molar-refractivity contribution in [2.45, 2.75) is 6.04 Å². The molecular formula is C35H36N4O. The van der Waals surface area contributed by atoms with Crippen LogP contribution in [-0.4, -0.2) is 43.5 Å². The fraction of sp³-hybridized carbons (Fsp3) is 0.171. The Morgan fingerprint density at radius 1 is 0.800 bits per heavy atom. The summed E-state index contributed by atoms with van der Waals surface area (Å²) in [5.41, 5.74) is 7.46. The normalized spacial score (nSPS) is 14.2. The number of carbonyl (C=O) groups excluding carboxylic acids is 1. The first-order valence-electron chi connectivity index (χ1n) is 13.8. The molecule has 1 aliphatic heterocycles. The van der Waals surface area contributed by atoms with E-state index in [9.17, 15) is 4.79 Å². The van der Waals surface area contributed by atoms with Crippen LogP contribution in [0.15, 0.2) is 128 Å². The van der Waals surface area contributed by atoms with Crippen LogP contribution >= 0.6 is 0 Å². The van der Waals surface area contributed by atoms with E-state index in [0.29, 0.717) is 6.54 Å². The van der Waals surface area contributed by atoms with Crippen LogP contribution in [0.4, 0.5) is 11.4 Å². The van der Waals surface area contributed by atoms with Crippen molar-refractivity contribution < 1.29 is 4.79 Å². The third-order valence-electron chi connectivity index (χ3n) is 7.33. The van der Waals surface area contributed by atoms with Crippen molar-refractivity contribution >= 4 is 23.0 Å². The summed E-state index contributed by atoms with van der Waals surface area (Å²) >= 11 is 0. The minimum absolute atomic E-state index is 0.0176. The molecule has 0 radical (unpaired) electrons. The van der Waals surface area contributed by atoms with E-state index in [1.54, 1.807) is 6.08 Å². The lowest BCUT2D eigenvalue weighted by Crippen LogP contribution is -2.51. The molecule has 0 aromatic heterocycles. The van der Waals surface area contributed by atoms with Gasteiger partial charge < -0.3 is 15.5 Å². The number of nitrogens with zero attached hydrogens (tertiary/aromatic N) is 2. The molecule has 0 aliphatic carbocycles. The van der Waals surface area contributed by atoms with Crippen LogP contribution in [-0.2, 0) is 4.79 Å². The van der Waals surface area contributed by atoms with E-state index < -0.39 is 0 Å².